The summed E-state index contributed by atoms with van der Waals surface area (Å²) in [6.45, 7) is 4.67. The first-order chi connectivity index (χ1) is 7.17. The highest BCUT2D eigenvalue weighted by Crippen LogP contribution is 2.52. The summed E-state index contributed by atoms with van der Waals surface area (Å²) >= 11 is 11.8. The monoisotopic (exact) mass is 254 g/mol. The van der Waals surface area contributed by atoms with Crippen LogP contribution < -0.4 is 10.6 Å². The largest absolute Gasteiger partial charge is 0.383 e. The summed E-state index contributed by atoms with van der Waals surface area (Å²) < 4.78 is 4.48. The fourth-order valence-corrected chi connectivity index (χ4v) is 1.93. The smallest absolute Gasteiger partial charge is 0.122 e. The van der Waals surface area contributed by atoms with Gasteiger partial charge in [-0.3, -0.25) is 0 Å². The zero-order valence-electron chi connectivity index (χ0n) is 9.19. The Morgan fingerprint density at radius 3 is 2.53 bits per heavy atom. The van der Waals surface area contributed by atoms with Gasteiger partial charge in [0.1, 0.15) is 4.33 Å². The molecule has 0 spiro atoms. The molecule has 0 aromatic carbocycles. The molecule has 0 radical (unpaired) electrons. The maximum absolute atomic E-state index is 5.90. The molecule has 15 heavy (non-hydrogen) atoms. The summed E-state index contributed by atoms with van der Waals surface area (Å²) in [5.41, 5.74) is 0. The van der Waals surface area contributed by atoms with E-state index in [1.54, 1.807) is 7.11 Å². The fraction of sp³-hybridized carbons (Fsp3) is 1.00. The Morgan fingerprint density at radius 1 is 1.27 bits per heavy atom. The van der Waals surface area contributed by atoms with E-state index in [0.717, 1.165) is 45.6 Å². The van der Waals surface area contributed by atoms with Crippen LogP contribution in [0.15, 0.2) is 0 Å². The second kappa shape index (κ2) is 6.92. The Bertz CT molecular complexity index is 179. The van der Waals surface area contributed by atoms with E-state index in [-0.39, 0.29) is 0 Å². The molecule has 90 valence electrons. The zero-order valence-corrected chi connectivity index (χ0v) is 10.7. The van der Waals surface area contributed by atoms with E-state index < -0.39 is 4.33 Å². The van der Waals surface area contributed by atoms with Gasteiger partial charge in [-0.05, 0) is 25.9 Å². The third-order valence-corrected chi connectivity index (χ3v) is 3.46. The van der Waals surface area contributed by atoms with E-state index in [4.69, 9.17) is 27.9 Å². The Labute approximate surface area is 102 Å². The lowest BCUT2D eigenvalue weighted by Crippen LogP contribution is -2.26. The summed E-state index contributed by atoms with van der Waals surface area (Å²) in [5.74, 6) is 0.447. The fourth-order valence-electron chi connectivity index (χ4n) is 1.40. The lowest BCUT2D eigenvalue weighted by molar-refractivity contribution is 0.199. The molecule has 0 bridgehead atoms. The summed E-state index contributed by atoms with van der Waals surface area (Å²) in [6, 6.07) is 0. The topological polar surface area (TPSA) is 33.3 Å². The van der Waals surface area contributed by atoms with Crippen molar-refractivity contribution in [2.24, 2.45) is 5.92 Å². The minimum atomic E-state index is -0.441. The second-order valence-corrected chi connectivity index (χ2v) is 5.50. The van der Waals surface area contributed by atoms with Crippen molar-refractivity contribution < 1.29 is 4.74 Å². The van der Waals surface area contributed by atoms with Crippen LogP contribution in [0, 0.1) is 5.92 Å². The van der Waals surface area contributed by atoms with Crippen LogP contribution in [0.5, 0.6) is 0 Å². The number of alkyl halides is 2. The maximum Gasteiger partial charge on any atom is 0.122 e. The molecule has 5 heteroatoms. The highest BCUT2D eigenvalue weighted by Gasteiger charge is 2.50. The Hall–Kier alpha value is 0.460. The number of nitrogens with one attached hydrogen (secondary N) is 2. The molecule has 0 aliphatic heterocycles. The van der Waals surface area contributed by atoms with Crippen LogP contribution in [-0.4, -0.2) is 44.2 Å². The predicted octanol–water partition coefficient (Wildman–Crippen LogP) is 1.40. The Balaban J connectivity index is 1.74. The van der Waals surface area contributed by atoms with E-state index in [9.17, 15) is 0 Å². The normalized spacial score (nSPS) is 23.0. The number of rotatable bonds is 9. The second-order valence-electron chi connectivity index (χ2n) is 3.96. The number of ether oxygens (including phenoxy) is 1. The highest BCUT2D eigenvalue weighted by molar-refractivity contribution is 6.50. The average molecular weight is 255 g/mol. The van der Waals surface area contributed by atoms with Crippen LogP contribution in [0.3, 0.4) is 0 Å². The summed E-state index contributed by atoms with van der Waals surface area (Å²) in [7, 11) is 1.71. The third kappa shape index (κ3) is 5.93. The molecule has 1 unspecified atom stereocenters. The van der Waals surface area contributed by atoms with Crippen molar-refractivity contribution in [3.05, 3.63) is 0 Å². The lowest BCUT2D eigenvalue weighted by Gasteiger charge is -2.05. The van der Waals surface area contributed by atoms with E-state index >= 15 is 0 Å². The van der Waals surface area contributed by atoms with Crippen LogP contribution in [0.4, 0.5) is 0 Å². The lowest BCUT2D eigenvalue weighted by atomic mass is 10.3. The van der Waals surface area contributed by atoms with Gasteiger partial charge >= 0.3 is 0 Å². The van der Waals surface area contributed by atoms with Crippen LogP contribution in [0.2, 0.25) is 0 Å². The molecule has 1 rings (SSSR count). The van der Waals surface area contributed by atoms with Crippen molar-refractivity contribution in [3.8, 4) is 0 Å². The summed E-state index contributed by atoms with van der Waals surface area (Å²) in [6.07, 6.45) is 2.04. The molecule has 0 heterocycles. The average Bonchev–Trinajstić information content (AvgIpc) is 2.79. The first-order valence-corrected chi connectivity index (χ1v) is 6.20. The molecular formula is C10H20Cl2N2O. The molecular weight excluding hydrogens is 235 g/mol. The Kier molecular flexibility index (Phi) is 6.24. The molecule has 3 nitrogen and oxygen atoms in total. The van der Waals surface area contributed by atoms with Crippen molar-refractivity contribution in [2.45, 2.75) is 17.2 Å². The van der Waals surface area contributed by atoms with Crippen LogP contribution in [0.1, 0.15) is 12.8 Å². The van der Waals surface area contributed by atoms with E-state index in [1.807, 2.05) is 0 Å². The van der Waals surface area contributed by atoms with Crippen LogP contribution >= 0.6 is 23.2 Å². The first kappa shape index (κ1) is 13.5. The molecule has 2 N–H and O–H groups in total. The molecule has 1 aliphatic carbocycles. The van der Waals surface area contributed by atoms with Gasteiger partial charge in [0.2, 0.25) is 0 Å². The van der Waals surface area contributed by atoms with Gasteiger partial charge in [-0.2, -0.15) is 0 Å². The number of methoxy groups -OCH3 is 1. The minimum Gasteiger partial charge on any atom is -0.383 e. The van der Waals surface area contributed by atoms with Gasteiger partial charge in [-0.1, -0.05) is 0 Å². The Morgan fingerprint density at radius 2 is 1.93 bits per heavy atom. The standard InChI is InChI=1S/C10H20Cl2N2O/c1-15-6-5-13-3-2-4-14-8-9-7-10(9,11)12/h9,13-14H,2-8H2,1H3. The molecule has 0 saturated heterocycles. The number of hydrogen-bond donors (Lipinski definition) is 2. The number of hydrogen-bond acceptors (Lipinski definition) is 3. The van der Waals surface area contributed by atoms with E-state index in [1.165, 1.54) is 0 Å². The van der Waals surface area contributed by atoms with Crippen molar-refractivity contribution >= 4 is 23.2 Å². The van der Waals surface area contributed by atoms with Gasteiger partial charge in [-0.25, -0.2) is 0 Å². The molecule has 0 aromatic rings. The van der Waals surface area contributed by atoms with Crippen molar-refractivity contribution in [1.29, 1.82) is 0 Å². The van der Waals surface area contributed by atoms with E-state index in [0.29, 0.717) is 5.92 Å². The minimum absolute atomic E-state index is 0.441. The molecule has 0 aromatic heterocycles. The molecule has 1 atom stereocenters. The van der Waals surface area contributed by atoms with Gasteiger partial charge in [0, 0.05) is 26.1 Å². The summed E-state index contributed by atoms with van der Waals surface area (Å²) in [5, 5.41) is 6.64. The number of halogens is 2. The quantitative estimate of drug-likeness (QED) is 0.482. The maximum atomic E-state index is 5.90. The van der Waals surface area contributed by atoms with Gasteiger partial charge in [0.05, 0.1) is 6.61 Å². The van der Waals surface area contributed by atoms with Crippen molar-refractivity contribution in [3.63, 3.8) is 0 Å². The highest BCUT2D eigenvalue weighted by atomic mass is 35.5. The van der Waals surface area contributed by atoms with Crippen LogP contribution in [0.25, 0.3) is 0 Å². The van der Waals surface area contributed by atoms with Crippen molar-refractivity contribution in [2.75, 3.05) is 39.9 Å². The van der Waals surface area contributed by atoms with Crippen LogP contribution in [-0.2, 0) is 4.74 Å². The van der Waals surface area contributed by atoms with Gasteiger partial charge in [-0.15, -0.1) is 23.2 Å². The van der Waals surface area contributed by atoms with Gasteiger partial charge in [0.25, 0.3) is 0 Å². The predicted molar refractivity (Wildman–Crippen MR) is 64.8 cm³/mol. The molecule has 1 fully saturated rings. The molecule has 1 saturated carbocycles. The molecule has 1 aliphatic rings. The van der Waals surface area contributed by atoms with Crippen molar-refractivity contribution in [1.82, 2.24) is 10.6 Å². The van der Waals surface area contributed by atoms with E-state index in [2.05, 4.69) is 10.6 Å². The summed E-state index contributed by atoms with van der Waals surface area (Å²) in [4.78, 5) is 0. The SMILES string of the molecule is COCCNCCCNCC1CC1(Cl)Cl. The third-order valence-electron chi connectivity index (χ3n) is 2.54. The van der Waals surface area contributed by atoms with Gasteiger partial charge < -0.3 is 15.4 Å². The zero-order chi connectivity index (χ0) is 11.1. The first-order valence-electron chi connectivity index (χ1n) is 5.45. The van der Waals surface area contributed by atoms with Gasteiger partial charge in [0.15, 0.2) is 0 Å². The molecule has 0 amide bonds.